The van der Waals surface area contributed by atoms with Crippen molar-refractivity contribution in [1.82, 2.24) is 4.31 Å². The molecule has 0 bridgehead atoms. The van der Waals surface area contributed by atoms with E-state index in [1.807, 2.05) is 12.1 Å². The molecule has 6 heteroatoms. The molecule has 1 rings (SSSR count). The number of methoxy groups -OCH3 is 1. The van der Waals surface area contributed by atoms with E-state index in [1.165, 1.54) is 4.31 Å². The summed E-state index contributed by atoms with van der Waals surface area (Å²) in [5.41, 5.74) is 1.10. The fourth-order valence-corrected chi connectivity index (χ4v) is 3.17. The highest BCUT2D eigenvalue weighted by Crippen LogP contribution is 2.16. The standard InChI is InChI=1S/C14H22ClNO3S/c1-16(11-4-12-19-2)20(17,18)14-8-6-13(7-9-14)5-3-10-15/h6-9H,3-5,10-12H2,1-2H3. The number of hydrogen-bond donors (Lipinski definition) is 0. The minimum absolute atomic E-state index is 0.326. The Morgan fingerprint density at radius 3 is 2.40 bits per heavy atom. The quantitative estimate of drug-likeness (QED) is 0.519. The molecule has 0 amide bonds. The zero-order chi connectivity index (χ0) is 15.0. The van der Waals surface area contributed by atoms with Crippen LogP contribution in [0.3, 0.4) is 0 Å². The van der Waals surface area contributed by atoms with Gasteiger partial charge in [-0.2, -0.15) is 0 Å². The number of rotatable bonds is 9. The number of sulfonamides is 1. The van der Waals surface area contributed by atoms with Crippen LogP contribution in [0.2, 0.25) is 0 Å². The molecule has 0 fully saturated rings. The summed E-state index contributed by atoms with van der Waals surface area (Å²) in [5.74, 6) is 0.613. The molecule has 1 aromatic rings. The van der Waals surface area contributed by atoms with Gasteiger partial charge >= 0.3 is 0 Å². The first-order valence-corrected chi connectivity index (χ1v) is 8.60. The Morgan fingerprint density at radius 1 is 1.20 bits per heavy atom. The Kier molecular flexibility index (Phi) is 7.51. The Labute approximate surface area is 126 Å². The van der Waals surface area contributed by atoms with Crippen molar-refractivity contribution in [2.24, 2.45) is 0 Å². The molecule has 1 aromatic carbocycles. The third-order valence-corrected chi connectivity index (χ3v) is 5.19. The topological polar surface area (TPSA) is 46.6 Å². The second-order valence-corrected chi connectivity index (χ2v) is 7.03. The molecule has 0 aromatic heterocycles. The maximum Gasteiger partial charge on any atom is 0.242 e. The van der Waals surface area contributed by atoms with Gasteiger partial charge in [0.2, 0.25) is 10.0 Å². The van der Waals surface area contributed by atoms with Crippen LogP contribution in [-0.2, 0) is 21.2 Å². The van der Waals surface area contributed by atoms with E-state index in [4.69, 9.17) is 16.3 Å². The summed E-state index contributed by atoms with van der Waals surface area (Å²) in [5, 5.41) is 0. The van der Waals surface area contributed by atoms with Crippen molar-refractivity contribution in [1.29, 1.82) is 0 Å². The number of ether oxygens (including phenoxy) is 1. The van der Waals surface area contributed by atoms with Crippen molar-refractivity contribution in [3.05, 3.63) is 29.8 Å². The van der Waals surface area contributed by atoms with E-state index >= 15 is 0 Å². The lowest BCUT2D eigenvalue weighted by Crippen LogP contribution is -2.28. The van der Waals surface area contributed by atoms with Crippen molar-refractivity contribution in [2.75, 3.05) is 33.2 Å². The van der Waals surface area contributed by atoms with E-state index in [2.05, 4.69) is 0 Å². The predicted molar refractivity (Wildman–Crippen MR) is 81.8 cm³/mol. The normalized spacial score (nSPS) is 12.0. The fraction of sp³-hybridized carbons (Fsp3) is 0.571. The van der Waals surface area contributed by atoms with E-state index in [0.717, 1.165) is 18.4 Å². The maximum atomic E-state index is 12.3. The Hall–Kier alpha value is -0.620. The number of nitrogens with zero attached hydrogens (tertiary/aromatic N) is 1. The first-order valence-electron chi connectivity index (χ1n) is 6.62. The third-order valence-electron chi connectivity index (χ3n) is 3.05. The molecule has 0 radical (unpaired) electrons. The average Bonchev–Trinajstić information content (AvgIpc) is 2.45. The van der Waals surface area contributed by atoms with Crippen molar-refractivity contribution in [3.8, 4) is 0 Å². The van der Waals surface area contributed by atoms with E-state index in [-0.39, 0.29) is 0 Å². The Morgan fingerprint density at radius 2 is 1.85 bits per heavy atom. The first kappa shape index (κ1) is 17.4. The second kappa shape index (κ2) is 8.62. The number of aryl methyl sites for hydroxylation is 1. The highest BCUT2D eigenvalue weighted by molar-refractivity contribution is 7.89. The van der Waals surface area contributed by atoms with E-state index < -0.39 is 10.0 Å². The van der Waals surface area contributed by atoms with Crippen LogP contribution in [0.25, 0.3) is 0 Å². The van der Waals surface area contributed by atoms with Crippen LogP contribution in [0.1, 0.15) is 18.4 Å². The molecular weight excluding hydrogens is 298 g/mol. The van der Waals surface area contributed by atoms with Crippen molar-refractivity contribution in [2.45, 2.75) is 24.2 Å². The number of benzene rings is 1. The van der Waals surface area contributed by atoms with Crippen LogP contribution in [0, 0.1) is 0 Å². The van der Waals surface area contributed by atoms with Crippen LogP contribution >= 0.6 is 11.6 Å². The monoisotopic (exact) mass is 319 g/mol. The highest BCUT2D eigenvalue weighted by atomic mass is 35.5. The fourth-order valence-electron chi connectivity index (χ4n) is 1.83. The molecule has 0 atom stereocenters. The van der Waals surface area contributed by atoms with Gasteiger partial charge in [-0.15, -0.1) is 11.6 Å². The molecule has 0 aliphatic heterocycles. The number of alkyl halides is 1. The smallest absolute Gasteiger partial charge is 0.242 e. The summed E-state index contributed by atoms with van der Waals surface area (Å²) in [6.45, 7) is 1.00. The van der Waals surface area contributed by atoms with Crippen LogP contribution in [-0.4, -0.2) is 45.9 Å². The number of hydrogen-bond acceptors (Lipinski definition) is 3. The van der Waals surface area contributed by atoms with Gasteiger partial charge in [-0.25, -0.2) is 12.7 Å². The Bertz CT molecular complexity index is 488. The molecule has 20 heavy (non-hydrogen) atoms. The largest absolute Gasteiger partial charge is 0.385 e. The molecule has 0 saturated carbocycles. The molecule has 114 valence electrons. The minimum atomic E-state index is -3.40. The van der Waals surface area contributed by atoms with Gasteiger partial charge in [0.05, 0.1) is 4.90 Å². The van der Waals surface area contributed by atoms with Crippen LogP contribution < -0.4 is 0 Å². The molecule has 0 N–H and O–H groups in total. The summed E-state index contributed by atoms with van der Waals surface area (Å²) in [4.78, 5) is 0.326. The molecule has 0 spiro atoms. The lowest BCUT2D eigenvalue weighted by atomic mass is 10.1. The zero-order valence-electron chi connectivity index (χ0n) is 12.0. The first-order chi connectivity index (χ1) is 9.52. The lowest BCUT2D eigenvalue weighted by Gasteiger charge is -2.17. The van der Waals surface area contributed by atoms with Gasteiger partial charge in [0.1, 0.15) is 0 Å². The zero-order valence-corrected chi connectivity index (χ0v) is 13.6. The second-order valence-electron chi connectivity index (χ2n) is 4.61. The minimum Gasteiger partial charge on any atom is -0.385 e. The molecule has 0 aliphatic rings. The average molecular weight is 320 g/mol. The third kappa shape index (κ3) is 5.05. The van der Waals surface area contributed by atoms with Gasteiger partial charge < -0.3 is 4.74 Å². The van der Waals surface area contributed by atoms with Crippen LogP contribution in [0.15, 0.2) is 29.2 Å². The van der Waals surface area contributed by atoms with Crippen LogP contribution in [0.4, 0.5) is 0 Å². The Balaban J connectivity index is 2.71. The van der Waals surface area contributed by atoms with Crippen molar-refractivity contribution < 1.29 is 13.2 Å². The van der Waals surface area contributed by atoms with Gasteiger partial charge in [0.15, 0.2) is 0 Å². The summed E-state index contributed by atoms with van der Waals surface area (Å²) in [6, 6.07) is 7.02. The predicted octanol–water partition coefficient (Wildman–Crippen LogP) is 2.52. The summed E-state index contributed by atoms with van der Waals surface area (Å²) < 4.78 is 30.9. The summed E-state index contributed by atoms with van der Waals surface area (Å²) in [6.07, 6.45) is 2.44. The molecule has 4 nitrogen and oxygen atoms in total. The molecule has 0 heterocycles. The van der Waals surface area contributed by atoms with Gasteiger partial charge in [-0.1, -0.05) is 12.1 Å². The van der Waals surface area contributed by atoms with E-state index in [1.54, 1.807) is 26.3 Å². The highest BCUT2D eigenvalue weighted by Gasteiger charge is 2.19. The molecule has 0 unspecified atom stereocenters. The van der Waals surface area contributed by atoms with E-state index in [0.29, 0.717) is 30.3 Å². The molecule has 0 saturated heterocycles. The number of halogens is 1. The maximum absolute atomic E-state index is 12.3. The van der Waals surface area contributed by atoms with Gasteiger partial charge in [-0.05, 0) is 37.0 Å². The van der Waals surface area contributed by atoms with Crippen LogP contribution in [0.5, 0.6) is 0 Å². The van der Waals surface area contributed by atoms with Gasteiger partial charge in [-0.3, -0.25) is 0 Å². The SMILES string of the molecule is COCCCN(C)S(=O)(=O)c1ccc(CCCCl)cc1. The van der Waals surface area contributed by atoms with E-state index in [9.17, 15) is 8.42 Å². The molecule has 0 aliphatic carbocycles. The molecular formula is C14H22ClNO3S. The van der Waals surface area contributed by atoms with Crippen molar-refractivity contribution in [3.63, 3.8) is 0 Å². The van der Waals surface area contributed by atoms with Gasteiger partial charge in [0, 0.05) is 33.2 Å². The van der Waals surface area contributed by atoms with Gasteiger partial charge in [0.25, 0.3) is 0 Å². The summed E-state index contributed by atoms with van der Waals surface area (Å²) in [7, 11) is -0.210. The summed E-state index contributed by atoms with van der Waals surface area (Å²) >= 11 is 5.64. The van der Waals surface area contributed by atoms with Crippen molar-refractivity contribution >= 4 is 21.6 Å². The lowest BCUT2D eigenvalue weighted by molar-refractivity contribution is 0.189.